The van der Waals surface area contributed by atoms with Crippen LogP contribution < -0.4 is 16.4 Å². The molecule has 0 fully saturated rings. The Morgan fingerprint density at radius 3 is 2.35 bits per heavy atom. The second kappa shape index (κ2) is 6.36. The summed E-state index contributed by atoms with van der Waals surface area (Å²) in [5.74, 6) is -0.214. The van der Waals surface area contributed by atoms with Crippen molar-refractivity contribution in [1.82, 2.24) is 0 Å². The van der Waals surface area contributed by atoms with Gasteiger partial charge in [-0.15, -0.1) is 0 Å². The topological polar surface area (TPSA) is 67.1 Å². The van der Waals surface area contributed by atoms with Gasteiger partial charge in [0.15, 0.2) is 5.11 Å². The fourth-order valence-electron chi connectivity index (χ4n) is 1.62. The van der Waals surface area contributed by atoms with Crippen molar-refractivity contribution in [2.75, 3.05) is 10.6 Å². The monoisotopic (exact) mass is 305 g/mol. The van der Waals surface area contributed by atoms with E-state index in [1.54, 1.807) is 48.5 Å². The summed E-state index contributed by atoms with van der Waals surface area (Å²) >= 11 is 10.6. The molecule has 0 aliphatic heterocycles. The Hall–Kier alpha value is -2.11. The predicted octanol–water partition coefficient (Wildman–Crippen LogP) is 3.25. The highest BCUT2D eigenvalue weighted by molar-refractivity contribution is 7.80. The Morgan fingerprint density at radius 2 is 1.75 bits per heavy atom. The van der Waals surface area contributed by atoms with Gasteiger partial charge in [-0.25, -0.2) is 0 Å². The Morgan fingerprint density at radius 1 is 1.05 bits per heavy atom. The number of amides is 1. The number of hydrogen-bond acceptors (Lipinski definition) is 2. The lowest BCUT2D eigenvalue weighted by molar-refractivity contribution is 0.102. The fraction of sp³-hybridized carbons (Fsp3) is 0. The first-order chi connectivity index (χ1) is 9.54. The molecule has 4 N–H and O–H groups in total. The third-order valence-electron chi connectivity index (χ3n) is 2.50. The van der Waals surface area contributed by atoms with Crippen LogP contribution in [0.1, 0.15) is 10.4 Å². The van der Waals surface area contributed by atoms with Gasteiger partial charge in [-0.05, 0) is 54.7 Å². The number of nitrogens with two attached hydrogens (primary N) is 1. The van der Waals surface area contributed by atoms with Crippen LogP contribution in [0.4, 0.5) is 11.4 Å². The van der Waals surface area contributed by atoms with Gasteiger partial charge in [0.1, 0.15) is 0 Å². The number of rotatable bonds is 3. The largest absolute Gasteiger partial charge is 0.376 e. The molecule has 2 rings (SSSR count). The highest BCUT2D eigenvalue weighted by Crippen LogP contribution is 2.16. The summed E-state index contributed by atoms with van der Waals surface area (Å²) in [6, 6.07) is 13.8. The van der Waals surface area contributed by atoms with Crippen molar-refractivity contribution < 1.29 is 4.79 Å². The molecule has 0 aliphatic carbocycles. The van der Waals surface area contributed by atoms with Gasteiger partial charge in [0, 0.05) is 22.0 Å². The van der Waals surface area contributed by atoms with Crippen LogP contribution >= 0.6 is 23.8 Å². The Balaban J connectivity index is 2.07. The minimum absolute atomic E-state index is 0.182. The number of nitrogens with one attached hydrogen (secondary N) is 2. The number of carbonyl (C=O) groups is 1. The average Bonchev–Trinajstić information content (AvgIpc) is 2.38. The molecule has 20 heavy (non-hydrogen) atoms. The molecule has 0 spiro atoms. The molecule has 2 aromatic rings. The number of thiocarbonyl (C=S) groups is 1. The smallest absolute Gasteiger partial charge is 0.255 e. The molecule has 0 radical (unpaired) electrons. The van der Waals surface area contributed by atoms with Crippen molar-refractivity contribution >= 4 is 46.2 Å². The SMILES string of the molecule is NC(=S)Nc1ccc(C(=O)Nc2cccc(Cl)c2)cc1. The van der Waals surface area contributed by atoms with Gasteiger partial charge in [-0.3, -0.25) is 4.79 Å². The molecule has 0 heterocycles. The molecule has 1 amide bonds. The summed E-state index contributed by atoms with van der Waals surface area (Å²) < 4.78 is 0. The van der Waals surface area contributed by atoms with E-state index in [1.165, 1.54) is 0 Å². The Bertz CT molecular complexity index is 643. The van der Waals surface area contributed by atoms with Gasteiger partial charge in [-0.1, -0.05) is 17.7 Å². The van der Waals surface area contributed by atoms with E-state index >= 15 is 0 Å². The standard InChI is InChI=1S/C14H12ClN3OS/c15-10-2-1-3-12(8-10)17-13(19)9-4-6-11(7-5-9)18-14(16)20/h1-8H,(H,17,19)(H3,16,18,20). The van der Waals surface area contributed by atoms with E-state index in [0.29, 0.717) is 16.3 Å². The van der Waals surface area contributed by atoms with Crippen molar-refractivity contribution in [2.24, 2.45) is 5.73 Å². The van der Waals surface area contributed by atoms with Gasteiger partial charge in [0.2, 0.25) is 0 Å². The molecule has 4 nitrogen and oxygen atoms in total. The van der Waals surface area contributed by atoms with E-state index in [1.807, 2.05) is 0 Å². The fourth-order valence-corrected chi connectivity index (χ4v) is 1.92. The number of halogens is 1. The highest BCUT2D eigenvalue weighted by Gasteiger charge is 2.06. The van der Waals surface area contributed by atoms with Crippen molar-refractivity contribution in [3.8, 4) is 0 Å². The lowest BCUT2D eigenvalue weighted by Gasteiger charge is -2.07. The predicted molar refractivity (Wildman–Crippen MR) is 86.3 cm³/mol. The molecular formula is C14H12ClN3OS. The summed E-state index contributed by atoms with van der Waals surface area (Å²) in [7, 11) is 0. The maximum Gasteiger partial charge on any atom is 0.255 e. The normalized spacial score (nSPS) is 9.85. The molecule has 2 aromatic carbocycles. The molecule has 6 heteroatoms. The maximum atomic E-state index is 12.0. The lowest BCUT2D eigenvalue weighted by Crippen LogP contribution is -2.19. The third kappa shape index (κ3) is 3.94. The number of hydrogen-bond donors (Lipinski definition) is 3. The first-order valence-electron chi connectivity index (χ1n) is 5.78. The molecule has 0 aliphatic rings. The van der Waals surface area contributed by atoms with Crippen molar-refractivity contribution in [1.29, 1.82) is 0 Å². The second-order valence-corrected chi connectivity index (χ2v) is 4.91. The van der Waals surface area contributed by atoms with Crippen LogP contribution in [0, 0.1) is 0 Å². The van der Waals surface area contributed by atoms with Crippen LogP contribution in [0.5, 0.6) is 0 Å². The van der Waals surface area contributed by atoms with Crippen molar-refractivity contribution in [3.05, 3.63) is 59.1 Å². The van der Waals surface area contributed by atoms with E-state index in [2.05, 4.69) is 10.6 Å². The van der Waals surface area contributed by atoms with Crippen molar-refractivity contribution in [2.45, 2.75) is 0 Å². The number of anilines is 2. The van der Waals surface area contributed by atoms with Gasteiger partial charge in [0.25, 0.3) is 5.91 Å². The molecule has 0 unspecified atom stereocenters. The third-order valence-corrected chi connectivity index (χ3v) is 2.83. The number of carbonyl (C=O) groups excluding carboxylic acids is 1. The second-order valence-electron chi connectivity index (χ2n) is 4.03. The average molecular weight is 306 g/mol. The summed E-state index contributed by atoms with van der Waals surface area (Å²) in [5.41, 5.74) is 7.27. The van der Waals surface area contributed by atoms with Crippen LogP contribution in [-0.2, 0) is 0 Å². The zero-order chi connectivity index (χ0) is 14.5. The molecule has 0 atom stereocenters. The summed E-state index contributed by atoms with van der Waals surface area (Å²) in [6.45, 7) is 0. The Kier molecular flexibility index (Phi) is 4.55. The summed E-state index contributed by atoms with van der Waals surface area (Å²) in [5, 5.41) is 6.30. The van der Waals surface area contributed by atoms with Gasteiger partial charge in [-0.2, -0.15) is 0 Å². The van der Waals surface area contributed by atoms with E-state index in [4.69, 9.17) is 29.6 Å². The van der Waals surface area contributed by atoms with Crippen LogP contribution in [0.15, 0.2) is 48.5 Å². The van der Waals surface area contributed by atoms with E-state index in [9.17, 15) is 4.79 Å². The minimum Gasteiger partial charge on any atom is -0.376 e. The molecule has 0 saturated heterocycles. The zero-order valence-electron chi connectivity index (χ0n) is 10.4. The van der Waals surface area contributed by atoms with Crippen LogP contribution in [0.25, 0.3) is 0 Å². The van der Waals surface area contributed by atoms with Crippen LogP contribution in [-0.4, -0.2) is 11.0 Å². The van der Waals surface area contributed by atoms with Gasteiger partial charge < -0.3 is 16.4 Å². The molecular weight excluding hydrogens is 294 g/mol. The Labute approximate surface area is 126 Å². The van der Waals surface area contributed by atoms with Gasteiger partial charge in [0.05, 0.1) is 0 Å². The molecule has 0 aromatic heterocycles. The maximum absolute atomic E-state index is 12.0. The molecule has 0 saturated carbocycles. The minimum atomic E-state index is -0.214. The van der Waals surface area contributed by atoms with E-state index in [-0.39, 0.29) is 11.0 Å². The van der Waals surface area contributed by atoms with E-state index in [0.717, 1.165) is 5.69 Å². The van der Waals surface area contributed by atoms with Crippen molar-refractivity contribution in [3.63, 3.8) is 0 Å². The molecule has 0 bridgehead atoms. The quantitative estimate of drug-likeness (QED) is 0.762. The first kappa shape index (κ1) is 14.3. The van der Waals surface area contributed by atoms with E-state index < -0.39 is 0 Å². The van der Waals surface area contributed by atoms with Crippen LogP contribution in [0.2, 0.25) is 5.02 Å². The van der Waals surface area contributed by atoms with Gasteiger partial charge >= 0.3 is 0 Å². The summed E-state index contributed by atoms with van der Waals surface area (Å²) in [4.78, 5) is 12.0. The first-order valence-corrected chi connectivity index (χ1v) is 6.56. The molecule has 102 valence electrons. The highest BCUT2D eigenvalue weighted by atomic mass is 35.5. The zero-order valence-corrected chi connectivity index (χ0v) is 12.0. The number of benzene rings is 2. The van der Waals surface area contributed by atoms with Crippen LogP contribution in [0.3, 0.4) is 0 Å². The summed E-state index contributed by atoms with van der Waals surface area (Å²) in [6.07, 6.45) is 0. The lowest BCUT2D eigenvalue weighted by atomic mass is 10.2.